The van der Waals surface area contributed by atoms with E-state index < -0.39 is 16.5 Å². The Bertz CT molecular complexity index is 3750. The Balaban J connectivity index is 1.06. The van der Waals surface area contributed by atoms with Gasteiger partial charge in [0.15, 0.2) is 11.5 Å². The molecule has 10 aromatic carbocycles. The molecule has 0 spiro atoms. The number of hydrogen-bond donors (Lipinski definition) is 0. The van der Waals surface area contributed by atoms with Crippen molar-refractivity contribution in [1.29, 1.82) is 0 Å². The van der Waals surface area contributed by atoms with Gasteiger partial charge in [-0.15, -0.1) is 0 Å². The summed E-state index contributed by atoms with van der Waals surface area (Å²) in [6.07, 6.45) is 0. The lowest BCUT2D eigenvalue weighted by atomic mass is 9.85. The van der Waals surface area contributed by atoms with E-state index in [1.807, 2.05) is 0 Å². The zero-order chi connectivity index (χ0) is 48.8. The average Bonchev–Trinajstić information content (AvgIpc) is 3.62. The summed E-state index contributed by atoms with van der Waals surface area (Å²) < 4.78 is 42.5. The third-order valence-corrected chi connectivity index (χ3v) is 16.4. The van der Waals surface area contributed by atoms with Crippen molar-refractivity contribution in [2.24, 2.45) is 0 Å². The van der Waals surface area contributed by atoms with Gasteiger partial charge in [0.25, 0.3) is 0 Å². The van der Waals surface area contributed by atoms with Crippen LogP contribution in [0.1, 0.15) is 63.8 Å². The number of hydrogen-bond acceptors (Lipinski definition) is 7. The lowest BCUT2D eigenvalue weighted by Crippen LogP contribution is -2.14. The fourth-order valence-corrected chi connectivity index (χ4v) is 13.5. The molecular formula is C62H52O6P2S. The van der Waals surface area contributed by atoms with E-state index in [1.54, 1.807) is 11.8 Å². The molecule has 0 aliphatic rings. The van der Waals surface area contributed by atoms with E-state index in [-0.39, 0.29) is 10.8 Å². The molecule has 0 saturated carbocycles. The molecule has 0 aliphatic heterocycles. The molecule has 0 aliphatic carbocycles. The van der Waals surface area contributed by atoms with Crippen LogP contribution in [0.25, 0.3) is 87.0 Å². The van der Waals surface area contributed by atoms with Gasteiger partial charge in [-0.05, 0) is 115 Å². The molecule has 0 amide bonds. The number of rotatable bonds is 6. The first-order chi connectivity index (χ1) is 34.2. The van der Waals surface area contributed by atoms with Crippen LogP contribution < -0.4 is 9.05 Å². The minimum absolute atomic E-state index is 0.317. The molecule has 12 rings (SSSR count). The van der Waals surface area contributed by atoms with Gasteiger partial charge in [-0.1, -0.05) is 187 Å². The fourth-order valence-electron chi connectivity index (χ4n) is 9.98. The molecule has 12 aromatic rings. The maximum atomic E-state index is 7.29. The third-order valence-electron chi connectivity index (χ3n) is 13.3. The van der Waals surface area contributed by atoms with Crippen LogP contribution in [0.2, 0.25) is 0 Å². The van der Waals surface area contributed by atoms with Gasteiger partial charge in [0.05, 0.1) is 9.79 Å². The Morgan fingerprint density at radius 1 is 0.366 bits per heavy atom. The summed E-state index contributed by atoms with van der Waals surface area (Å²) in [7, 11) is -4.07. The maximum absolute atomic E-state index is 7.29. The molecule has 9 heteroatoms. The standard InChI is InChI=1S/C62H52O6P2S/c1-37-33-47(61(3,4)5)59(67-69-63-49-29-25-39-17-9-13-21-43(39)55(49)56-44-22-14-10-18-40(44)26-30-50(56)64-69)53(35-37)71-54-36-38(2)34-48(62(6,7)8)60(54)68-70-65-51-31-27-41-19-11-15-23-45(41)57(51)58-46-24-16-12-20-42(46)28-32-52(58)66-70/h9-36H,1-8H3. The highest BCUT2D eigenvalue weighted by Crippen LogP contribution is 2.53. The average molecular weight is 987 g/mol. The topological polar surface area (TPSA) is 71.0 Å². The Labute approximate surface area is 418 Å². The summed E-state index contributed by atoms with van der Waals surface area (Å²) in [4.78, 5) is 1.82. The Morgan fingerprint density at radius 3 is 0.930 bits per heavy atom. The van der Waals surface area contributed by atoms with Gasteiger partial charge in [0, 0.05) is 32.7 Å². The van der Waals surface area contributed by atoms with Crippen LogP contribution in [0.3, 0.4) is 0 Å². The van der Waals surface area contributed by atoms with Crippen LogP contribution in [0.4, 0.5) is 0 Å². The van der Waals surface area contributed by atoms with Crippen molar-refractivity contribution >= 4 is 115 Å². The quantitative estimate of drug-likeness (QED) is 0.164. The third kappa shape index (κ3) is 8.20. The Hall–Kier alpha value is -7.01. The zero-order valence-electron chi connectivity index (χ0n) is 40.9. The highest BCUT2D eigenvalue weighted by Gasteiger charge is 2.29. The Kier molecular flexibility index (Phi) is 11.1. The van der Waals surface area contributed by atoms with E-state index in [0.717, 1.165) is 96.7 Å². The summed E-state index contributed by atoms with van der Waals surface area (Å²) >= 11 is 1.62. The van der Waals surface area contributed by atoms with Crippen LogP contribution >= 0.6 is 28.2 Å². The van der Waals surface area contributed by atoms with Crippen LogP contribution in [0.15, 0.2) is 196 Å². The maximum Gasteiger partial charge on any atom is 0.453 e. The van der Waals surface area contributed by atoms with Crippen LogP contribution in [0.5, 0.6) is 11.5 Å². The van der Waals surface area contributed by atoms with E-state index in [9.17, 15) is 0 Å². The monoisotopic (exact) mass is 986 g/mol. The predicted octanol–water partition coefficient (Wildman–Crippen LogP) is 20.6. The SMILES string of the molecule is Cc1cc(Sc2cc(C)cc(C(C)(C)C)c2Op2oc3ccc4ccccc4c3c3c(ccc4ccccc43)o2)c(Op2oc3ccc4ccccc4c3c3c(ccc4ccccc43)o2)c(C(C)(C)C)c1. The minimum atomic E-state index is -2.03. The van der Waals surface area contributed by atoms with E-state index in [0.29, 0.717) is 33.8 Å². The highest BCUT2D eigenvalue weighted by atomic mass is 32.2. The normalized spacial score (nSPS) is 12.3. The van der Waals surface area contributed by atoms with Gasteiger partial charge in [-0.2, -0.15) is 0 Å². The largest absolute Gasteiger partial charge is 0.453 e. The van der Waals surface area contributed by atoms with Crippen molar-refractivity contribution < 1.29 is 25.8 Å². The summed E-state index contributed by atoms with van der Waals surface area (Å²) in [6, 6.07) is 59.3. The van der Waals surface area contributed by atoms with Crippen LogP contribution in [-0.4, -0.2) is 0 Å². The smallest absolute Gasteiger partial charge is 0.390 e. The van der Waals surface area contributed by atoms with E-state index in [2.05, 4.69) is 225 Å². The van der Waals surface area contributed by atoms with Crippen molar-refractivity contribution in [2.75, 3.05) is 0 Å². The molecule has 2 heterocycles. The van der Waals surface area contributed by atoms with Gasteiger partial charge in [0.2, 0.25) is 0 Å². The predicted molar refractivity (Wildman–Crippen MR) is 299 cm³/mol. The lowest BCUT2D eigenvalue weighted by Gasteiger charge is -2.26. The Morgan fingerprint density at radius 2 is 0.648 bits per heavy atom. The zero-order valence-corrected chi connectivity index (χ0v) is 43.5. The van der Waals surface area contributed by atoms with Crippen molar-refractivity contribution in [3.8, 4) is 11.5 Å². The van der Waals surface area contributed by atoms with Gasteiger partial charge >= 0.3 is 16.5 Å². The first kappa shape index (κ1) is 45.1. The second-order valence-corrected chi connectivity index (χ2v) is 23.6. The molecule has 0 radical (unpaired) electrons. The lowest BCUT2D eigenvalue weighted by molar-refractivity contribution is 0.469. The van der Waals surface area contributed by atoms with Gasteiger partial charge < -0.3 is 25.8 Å². The molecule has 2 aromatic heterocycles. The number of benzene rings is 10. The molecule has 6 nitrogen and oxygen atoms in total. The second kappa shape index (κ2) is 17.4. The molecular weight excluding hydrogens is 935 g/mol. The van der Waals surface area contributed by atoms with Gasteiger partial charge in [0.1, 0.15) is 22.3 Å². The molecule has 352 valence electrons. The number of fused-ring (bicyclic) bond motifs is 14. The molecule has 0 bridgehead atoms. The van der Waals surface area contributed by atoms with Crippen molar-refractivity contribution in [3.05, 3.63) is 192 Å². The molecule has 0 saturated heterocycles. The molecule has 0 N–H and O–H groups in total. The van der Waals surface area contributed by atoms with Gasteiger partial charge in [-0.25, -0.2) is 0 Å². The van der Waals surface area contributed by atoms with Crippen molar-refractivity contribution in [3.63, 3.8) is 0 Å². The van der Waals surface area contributed by atoms with E-state index in [1.165, 1.54) is 0 Å². The first-order valence-electron chi connectivity index (χ1n) is 24.0. The summed E-state index contributed by atoms with van der Waals surface area (Å²) in [5.74, 6) is 1.40. The van der Waals surface area contributed by atoms with E-state index >= 15 is 0 Å². The van der Waals surface area contributed by atoms with Gasteiger partial charge in [-0.3, -0.25) is 0 Å². The van der Waals surface area contributed by atoms with E-state index in [4.69, 9.17) is 25.8 Å². The highest BCUT2D eigenvalue weighted by molar-refractivity contribution is 7.99. The summed E-state index contributed by atoms with van der Waals surface area (Å²) in [6.45, 7) is 17.6. The fraction of sp³-hybridized carbons (Fsp3) is 0.161. The molecule has 0 unspecified atom stereocenters. The molecule has 0 fully saturated rings. The summed E-state index contributed by atoms with van der Waals surface area (Å²) in [5, 5.41) is 12.8. The minimum Gasteiger partial charge on any atom is -0.390 e. The molecule has 71 heavy (non-hydrogen) atoms. The first-order valence-corrected chi connectivity index (χ1v) is 27.0. The van der Waals surface area contributed by atoms with Crippen LogP contribution in [0, 0.1) is 13.8 Å². The van der Waals surface area contributed by atoms with Crippen molar-refractivity contribution in [2.45, 2.75) is 76.0 Å². The van der Waals surface area contributed by atoms with Crippen LogP contribution in [-0.2, 0) is 10.8 Å². The van der Waals surface area contributed by atoms with Crippen molar-refractivity contribution in [1.82, 2.24) is 0 Å². The number of aryl methyl sites for hydroxylation is 2. The second-order valence-electron chi connectivity index (χ2n) is 20.5. The molecule has 0 atom stereocenters. The summed E-state index contributed by atoms with van der Waals surface area (Å²) in [5.41, 5.74) is 6.49.